The van der Waals surface area contributed by atoms with Gasteiger partial charge in [-0.15, -0.1) is 22.7 Å². The van der Waals surface area contributed by atoms with Gasteiger partial charge in [-0.25, -0.2) is 5.84 Å². The fourth-order valence-electron chi connectivity index (χ4n) is 1.41. The van der Waals surface area contributed by atoms with Crippen molar-refractivity contribution < 1.29 is 4.79 Å². The van der Waals surface area contributed by atoms with E-state index in [1.165, 1.54) is 14.3 Å². The van der Waals surface area contributed by atoms with Crippen molar-refractivity contribution >= 4 is 38.0 Å². The molecule has 15 heavy (non-hydrogen) atoms. The fraction of sp³-hybridized carbons (Fsp3) is 0.300. The molecule has 0 aliphatic carbocycles. The van der Waals surface area contributed by atoms with Crippen LogP contribution >= 0.6 is 22.7 Å². The molecule has 0 unspecified atom stereocenters. The van der Waals surface area contributed by atoms with E-state index >= 15 is 0 Å². The van der Waals surface area contributed by atoms with Crippen LogP contribution in [0.1, 0.15) is 16.7 Å². The zero-order valence-corrected chi connectivity index (χ0v) is 10.0. The molecule has 3 N–H and O–H groups in total. The highest BCUT2D eigenvalue weighted by Crippen LogP contribution is 2.33. The van der Waals surface area contributed by atoms with Crippen LogP contribution < -0.4 is 11.3 Å². The van der Waals surface area contributed by atoms with E-state index in [-0.39, 0.29) is 5.91 Å². The van der Waals surface area contributed by atoms with Gasteiger partial charge in [0.25, 0.3) is 0 Å². The predicted octanol–water partition coefficient (Wildman–Crippen LogP) is 2.06. The molecule has 0 saturated heterocycles. The number of carbonyl (C=O) groups is 1. The van der Waals surface area contributed by atoms with Crippen molar-refractivity contribution in [3.05, 3.63) is 21.9 Å². The van der Waals surface area contributed by atoms with Gasteiger partial charge in [0.2, 0.25) is 5.91 Å². The van der Waals surface area contributed by atoms with Crippen LogP contribution in [0.2, 0.25) is 0 Å². The Morgan fingerprint density at radius 3 is 2.53 bits per heavy atom. The Hall–Kier alpha value is -0.910. The standard InChI is InChI=1S/C10H12N2OS2/c1-2-6-3-8-9(14-6)4-7(15-8)5-10(13)12-11/h3-4H,2,5,11H2,1H3,(H,12,13). The number of nitrogens with one attached hydrogen (secondary N) is 1. The van der Waals surface area contributed by atoms with E-state index in [0.717, 1.165) is 11.3 Å². The number of aryl methyl sites for hydroxylation is 1. The molecule has 0 aromatic carbocycles. The molecule has 1 amide bonds. The number of hydrogen-bond donors (Lipinski definition) is 2. The van der Waals surface area contributed by atoms with Crippen LogP contribution in [0, 0.1) is 0 Å². The first-order chi connectivity index (χ1) is 7.22. The summed E-state index contributed by atoms with van der Waals surface area (Å²) in [4.78, 5) is 13.5. The lowest BCUT2D eigenvalue weighted by molar-refractivity contribution is -0.120. The van der Waals surface area contributed by atoms with Crippen molar-refractivity contribution in [2.75, 3.05) is 0 Å². The summed E-state index contributed by atoms with van der Waals surface area (Å²) < 4.78 is 2.55. The summed E-state index contributed by atoms with van der Waals surface area (Å²) >= 11 is 3.47. The molecule has 80 valence electrons. The Morgan fingerprint density at radius 2 is 1.93 bits per heavy atom. The highest BCUT2D eigenvalue weighted by atomic mass is 32.1. The summed E-state index contributed by atoms with van der Waals surface area (Å²) in [6, 6.07) is 4.29. The number of amides is 1. The molecule has 0 radical (unpaired) electrons. The van der Waals surface area contributed by atoms with Gasteiger partial charge >= 0.3 is 0 Å². The Labute approximate surface area is 95.9 Å². The lowest BCUT2D eigenvalue weighted by Crippen LogP contribution is -2.31. The zero-order valence-electron chi connectivity index (χ0n) is 8.37. The first-order valence-corrected chi connectivity index (χ1v) is 6.36. The van der Waals surface area contributed by atoms with Crippen LogP contribution in [0.4, 0.5) is 0 Å². The van der Waals surface area contributed by atoms with Crippen molar-refractivity contribution in [3.63, 3.8) is 0 Å². The second kappa shape index (κ2) is 4.30. The van der Waals surface area contributed by atoms with Gasteiger partial charge in [0.15, 0.2) is 0 Å². The zero-order chi connectivity index (χ0) is 10.8. The third kappa shape index (κ3) is 2.19. The second-order valence-electron chi connectivity index (χ2n) is 3.25. The second-order valence-corrected chi connectivity index (χ2v) is 5.59. The lowest BCUT2D eigenvalue weighted by atomic mass is 10.3. The van der Waals surface area contributed by atoms with Gasteiger partial charge in [-0.1, -0.05) is 6.92 Å². The van der Waals surface area contributed by atoms with E-state index in [1.54, 1.807) is 22.7 Å². The van der Waals surface area contributed by atoms with Gasteiger partial charge in [-0.3, -0.25) is 10.2 Å². The number of hydrogen-bond acceptors (Lipinski definition) is 4. The number of fused-ring (bicyclic) bond motifs is 1. The molecule has 2 aromatic heterocycles. The maximum Gasteiger partial charge on any atom is 0.239 e. The van der Waals surface area contributed by atoms with E-state index in [1.807, 2.05) is 0 Å². The molecule has 0 aliphatic heterocycles. The molecular weight excluding hydrogens is 228 g/mol. The first kappa shape index (κ1) is 10.6. The molecule has 3 nitrogen and oxygen atoms in total. The molecule has 0 saturated carbocycles. The normalized spacial score (nSPS) is 10.8. The van der Waals surface area contributed by atoms with Crippen LogP contribution in [-0.2, 0) is 17.6 Å². The van der Waals surface area contributed by atoms with E-state index < -0.39 is 0 Å². The van der Waals surface area contributed by atoms with Crippen LogP contribution in [0.3, 0.4) is 0 Å². The van der Waals surface area contributed by atoms with E-state index in [2.05, 4.69) is 24.5 Å². The summed E-state index contributed by atoms with van der Waals surface area (Å²) in [5.74, 6) is 4.90. The minimum Gasteiger partial charge on any atom is -0.294 e. The Balaban J connectivity index is 2.24. The molecule has 0 fully saturated rings. The monoisotopic (exact) mass is 240 g/mol. The molecule has 0 atom stereocenters. The highest BCUT2D eigenvalue weighted by Gasteiger charge is 2.08. The molecule has 2 heterocycles. The van der Waals surface area contributed by atoms with Crippen LogP contribution in [-0.4, -0.2) is 5.91 Å². The molecule has 0 bridgehead atoms. The predicted molar refractivity (Wildman–Crippen MR) is 65.1 cm³/mol. The Morgan fingerprint density at radius 1 is 1.33 bits per heavy atom. The van der Waals surface area contributed by atoms with Crippen LogP contribution in [0.15, 0.2) is 12.1 Å². The number of carbonyl (C=O) groups excluding carboxylic acids is 1. The average Bonchev–Trinajstić information content (AvgIpc) is 2.74. The summed E-state index contributed by atoms with van der Waals surface area (Å²) in [5, 5.41) is 0. The Kier molecular flexibility index (Phi) is 3.04. The maximum atomic E-state index is 11.1. The maximum absolute atomic E-state index is 11.1. The summed E-state index contributed by atoms with van der Waals surface area (Å²) in [7, 11) is 0. The number of nitrogens with two attached hydrogens (primary N) is 1. The van der Waals surface area contributed by atoms with Crippen LogP contribution in [0.5, 0.6) is 0 Å². The van der Waals surface area contributed by atoms with Gasteiger partial charge in [0.05, 0.1) is 6.42 Å². The van der Waals surface area contributed by atoms with Gasteiger partial charge < -0.3 is 0 Å². The number of rotatable bonds is 3. The van der Waals surface area contributed by atoms with Crippen molar-refractivity contribution in [3.8, 4) is 0 Å². The topological polar surface area (TPSA) is 55.1 Å². The van der Waals surface area contributed by atoms with Gasteiger partial charge in [0, 0.05) is 19.2 Å². The average molecular weight is 240 g/mol. The molecule has 0 spiro atoms. The van der Waals surface area contributed by atoms with Crippen molar-refractivity contribution in [1.82, 2.24) is 5.43 Å². The molecule has 0 aliphatic rings. The SMILES string of the molecule is CCc1cc2sc(CC(=O)NN)cc2s1. The minimum absolute atomic E-state index is 0.139. The number of hydrazine groups is 1. The van der Waals surface area contributed by atoms with E-state index in [4.69, 9.17) is 5.84 Å². The van der Waals surface area contributed by atoms with E-state index in [0.29, 0.717) is 6.42 Å². The van der Waals surface area contributed by atoms with Crippen molar-refractivity contribution in [2.24, 2.45) is 5.84 Å². The van der Waals surface area contributed by atoms with Gasteiger partial charge in [0.1, 0.15) is 0 Å². The minimum atomic E-state index is -0.139. The molecule has 5 heteroatoms. The highest BCUT2D eigenvalue weighted by molar-refractivity contribution is 7.27. The van der Waals surface area contributed by atoms with Gasteiger partial charge in [-0.2, -0.15) is 0 Å². The summed E-state index contributed by atoms with van der Waals surface area (Å²) in [6.07, 6.45) is 1.45. The Bertz CT molecular complexity index is 455. The van der Waals surface area contributed by atoms with E-state index in [9.17, 15) is 4.79 Å². The van der Waals surface area contributed by atoms with Crippen molar-refractivity contribution in [1.29, 1.82) is 0 Å². The summed E-state index contributed by atoms with van der Waals surface area (Å²) in [5.41, 5.74) is 2.14. The first-order valence-electron chi connectivity index (χ1n) is 4.73. The smallest absolute Gasteiger partial charge is 0.239 e. The fourth-order valence-corrected chi connectivity index (χ4v) is 3.79. The summed E-state index contributed by atoms with van der Waals surface area (Å²) in [6.45, 7) is 2.15. The largest absolute Gasteiger partial charge is 0.294 e. The molecule has 2 aromatic rings. The lowest BCUT2D eigenvalue weighted by Gasteiger charge is -1.94. The third-order valence-electron chi connectivity index (χ3n) is 2.15. The number of thiophene rings is 2. The van der Waals surface area contributed by atoms with Crippen molar-refractivity contribution in [2.45, 2.75) is 19.8 Å². The molecule has 2 rings (SSSR count). The van der Waals surface area contributed by atoms with Gasteiger partial charge in [-0.05, 0) is 18.6 Å². The molecular formula is C10H12N2OS2. The third-order valence-corrected chi connectivity index (χ3v) is 4.59. The quantitative estimate of drug-likeness (QED) is 0.490. The van der Waals surface area contributed by atoms with Crippen LogP contribution in [0.25, 0.3) is 9.40 Å².